The van der Waals surface area contributed by atoms with Crippen molar-refractivity contribution in [3.8, 4) is 0 Å². The van der Waals surface area contributed by atoms with Crippen LogP contribution in [0.5, 0.6) is 0 Å². The summed E-state index contributed by atoms with van der Waals surface area (Å²) >= 11 is 5.79. The quantitative estimate of drug-likeness (QED) is 0.903. The van der Waals surface area contributed by atoms with E-state index in [1.165, 1.54) is 12.3 Å². The van der Waals surface area contributed by atoms with Gasteiger partial charge in [-0.3, -0.25) is 4.79 Å². The van der Waals surface area contributed by atoms with E-state index in [2.05, 4.69) is 25.6 Å². The molecule has 1 atom stereocenters. The SMILES string of the molecule is O=C(NC1CCN(c2ccc(F)c(Cl)c2)C1)c1cn[nH]n1. The summed E-state index contributed by atoms with van der Waals surface area (Å²) in [7, 11) is 0. The molecule has 0 spiro atoms. The lowest BCUT2D eigenvalue weighted by atomic mass is 10.2. The molecule has 1 unspecified atom stereocenters. The van der Waals surface area contributed by atoms with E-state index in [9.17, 15) is 9.18 Å². The molecule has 1 aromatic carbocycles. The number of hydrogen-bond acceptors (Lipinski definition) is 4. The first-order chi connectivity index (χ1) is 10.1. The van der Waals surface area contributed by atoms with Gasteiger partial charge in [0.15, 0.2) is 5.69 Å². The smallest absolute Gasteiger partial charge is 0.273 e. The number of aromatic nitrogens is 3. The highest BCUT2D eigenvalue weighted by Gasteiger charge is 2.25. The normalized spacial score (nSPS) is 18.0. The van der Waals surface area contributed by atoms with Gasteiger partial charge in [-0.05, 0) is 24.6 Å². The molecular weight excluding hydrogens is 297 g/mol. The molecule has 2 N–H and O–H groups in total. The van der Waals surface area contributed by atoms with Gasteiger partial charge >= 0.3 is 0 Å². The number of H-pyrrole nitrogens is 1. The lowest BCUT2D eigenvalue weighted by Gasteiger charge is -2.19. The van der Waals surface area contributed by atoms with Gasteiger partial charge in [-0.2, -0.15) is 15.4 Å². The summed E-state index contributed by atoms with van der Waals surface area (Å²) in [4.78, 5) is 13.9. The van der Waals surface area contributed by atoms with Crippen molar-refractivity contribution in [3.63, 3.8) is 0 Å². The molecule has 1 saturated heterocycles. The first kappa shape index (κ1) is 13.8. The number of nitrogens with one attached hydrogen (secondary N) is 2. The van der Waals surface area contributed by atoms with Crippen molar-refractivity contribution in [2.24, 2.45) is 0 Å². The second-order valence-corrected chi connectivity index (χ2v) is 5.27. The Morgan fingerprint density at radius 1 is 1.52 bits per heavy atom. The minimum absolute atomic E-state index is 0.0121. The monoisotopic (exact) mass is 309 g/mol. The average molecular weight is 310 g/mol. The first-order valence-corrected chi connectivity index (χ1v) is 6.88. The summed E-state index contributed by atoms with van der Waals surface area (Å²) in [5, 5.41) is 12.7. The first-order valence-electron chi connectivity index (χ1n) is 6.50. The Morgan fingerprint density at radius 3 is 3.10 bits per heavy atom. The lowest BCUT2D eigenvalue weighted by molar-refractivity contribution is 0.0935. The van der Waals surface area contributed by atoms with Crippen molar-refractivity contribution in [2.75, 3.05) is 18.0 Å². The zero-order valence-corrected chi connectivity index (χ0v) is 11.8. The molecule has 1 fully saturated rings. The predicted octanol–water partition coefficient (Wildman–Crippen LogP) is 1.61. The molecule has 0 radical (unpaired) electrons. The van der Waals surface area contributed by atoms with Gasteiger partial charge in [-0.1, -0.05) is 11.6 Å². The van der Waals surface area contributed by atoms with E-state index in [-0.39, 0.29) is 22.7 Å². The van der Waals surface area contributed by atoms with E-state index < -0.39 is 5.82 Å². The summed E-state index contributed by atoms with van der Waals surface area (Å²) in [6, 6.07) is 4.64. The standard InChI is InChI=1S/C13H13ClFN5O/c14-10-5-9(1-2-11(10)15)20-4-3-8(7-20)17-13(21)12-6-16-19-18-12/h1-2,5-6,8H,3-4,7H2,(H,17,21)(H,16,18,19). The zero-order valence-electron chi connectivity index (χ0n) is 11.0. The van der Waals surface area contributed by atoms with E-state index in [0.717, 1.165) is 18.7 Å². The Hall–Kier alpha value is -2.15. The average Bonchev–Trinajstić information content (AvgIpc) is 3.12. The van der Waals surface area contributed by atoms with Crippen LogP contribution in [0, 0.1) is 5.82 Å². The minimum atomic E-state index is -0.435. The summed E-state index contributed by atoms with van der Waals surface area (Å²) in [5.74, 6) is -0.691. The van der Waals surface area contributed by atoms with Crippen LogP contribution in [0.15, 0.2) is 24.4 Å². The van der Waals surface area contributed by atoms with Crippen molar-refractivity contribution < 1.29 is 9.18 Å². The number of nitrogens with zero attached hydrogens (tertiary/aromatic N) is 3. The molecule has 0 saturated carbocycles. The van der Waals surface area contributed by atoms with Crippen LogP contribution in [0.3, 0.4) is 0 Å². The molecule has 1 aliphatic rings. The number of anilines is 1. The topological polar surface area (TPSA) is 73.9 Å². The maximum atomic E-state index is 13.2. The fraction of sp³-hybridized carbons (Fsp3) is 0.308. The molecule has 2 aromatic rings. The fourth-order valence-corrected chi connectivity index (χ4v) is 2.54. The second kappa shape index (κ2) is 5.69. The van der Waals surface area contributed by atoms with Crippen LogP contribution in [0.4, 0.5) is 10.1 Å². The number of carbonyl (C=O) groups is 1. The Bertz CT molecular complexity index is 648. The van der Waals surface area contributed by atoms with Gasteiger partial charge in [-0.15, -0.1) is 0 Å². The third kappa shape index (κ3) is 2.97. The van der Waals surface area contributed by atoms with Crippen LogP contribution in [-0.2, 0) is 0 Å². The molecule has 1 aromatic heterocycles. The number of amides is 1. The predicted molar refractivity (Wildman–Crippen MR) is 75.9 cm³/mol. The zero-order chi connectivity index (χ0) is 14.8. The van der Waals surface area contributed by atoms with Crippen molar-refractivity contribution in [3.05, 3.63) is 40.9 Å². The van der Waals surface area contributed by atoms with Crippen molar-refractivity contribution in [2.45, 2.75) is 12.5 Å². The number of aromatic amines is 1. The van der Waals surface area contributed by atoms with Crippen LogP contribution in [-0.4, -0.2) is 40.4 Å². The summed E-state index contributed by atoms with van der Waals surface area (Å²) < 4.78 is 13.2. The van der Waals surface area contributed by atoms with Crippen LogP contribution in [0.1, 0.15) is 16.9 Å². The maximum absolute atomic E-state index is 13.2. The third-order valence-electron chi connectivity index (χ3n) is 3.44. The molecule has 6 nitrogen and oxygen atoms in total. The Kier molecular flexibility index (Phi) is 3.74. The minimum Gasteiger partial charge on any atom is -0.369 e. The number of benzene rings is 1. The van der Waals surface area contributed by atoms with Crippen LogP contribution >= 0.6 is 11.6 Å². The molecule has 2 heterocycles. The van der Waals surface area contributed by atoms with Gasteiger partial charge in [0.05, 0.1) is 11.2 Å². The van der Waals surface area contributed by atoms with E-state index in [0.29, 0.717) is 6.54 Å². The number of rotatable bonds is 3. The molecule has 0 aliphatic carbocycles. The van der Waals surface area contributed by atoms with Crippen molar-refractivity contribution in [1.82, 2.24) is 20.7 Å². The Balaban J connectivity index is 1.62. The van der Waals surface area contributed by atoms with Crippen molar-refractivity contribution in [1.29, 1.82) is 0 Å². The third-order valence-corrected chi connectivity index (χ3v) is 3.73. The summed E-state index contributed by atoms with van der Waals surface area (Å²) in [6.07, 6.45) is 2.18. The van der Waals surface area contributed by atoms with E-state index in [1.807, 2.05) is 0 Å². The van der Waals surface area contributed by atoms with Gasteiger partial charge in [-0.25, -0.2) is 4.39 Å². The number of hydrogen-bond donors (Lipinski definition) is 2. The largest absolute Gasteiger partial charge is 0.369 e. The van der Waals surface area contributed by atoms with E-state index >= 15 is 0 Å². The van der Waals surface area contributed by atoms with Gasteiger partial charge in [0.25, 0.3) is 5.91 Å². The summed E-state index contributed by atoms with van der Waals surface area (Å²) in [6.45, 7) is 1.41. The van der Waals surface area contributed by atoms with Crippen LogP contribution < -0.4 is 10.2 Å². The molecule has 8 heteroatoms. The van der Waals surface area contributed by atoms with Gasteiger partial charge in [0, 0.05) is 24.8 Å². The molecule has 21 heavy (non-hydrogen) atoms. The molecule has 1 aliphatic heterocycles. The molecular formula is C13H13ClFN5O. The Labute approximate surface area is 125 Å². The van der Waals surface area contributed by atoms with Gasteiger partial charge in [0.2, 0.25) is 0 Å². The van der Waals surface area contributed by atoms with Crippen LogP contribution in [0.2, 0.25) is 5.02 Å². The highest BCUT2D eigenvalue weighted by Crippen LogP contribution is 2.25. The molecule has 3 rings (SSSR count). The highest BCUT2D eigenvalue weighted by atomic mass is 35.5. The Morgan fingerprint density at radius 2 is 2.38 bits per heavy atom. The van der Waals surface area contributed by atoms with E-state index in [1.54, 1.807) is 12.1 Å². The molecule has 1 amide bonds. The van der Waals surface area contributed by atoms with Gasteiger partial charge < -0.3 is 10.2 Å². The molecule has 0 bridgehead atoms. The lowest BCUT2D eigenvalue weighted by Crippen LogP contribution is -2.37. The fourth-order valence-electron chi connectivity index (χ4n) is 2.36. The second-order valence-electron chi connectivity index (χ2n) is 4.86. The number of halogens is 2. The van der Waals surface area contributed by atoms with Crippen molar-refractivity contribution >= 4 is 23.2 Å². The van der Waals surface area contributed by atoms with Crippen LogP contribution in [0.25, 0.3) is 0 Å². The van der Waals surface area contributed by atoms with E-state index in [4.69, 9.17) is 11.6 Å². The number of carbonyl (C=O) groups excluding carboxylic acids is 1. The van der Waals surface area contributed by atoms with Gasteiger partial charge in [0.1, 0.15) is 5.82 Å². The highest BCUT2D eigenvalue weighted by molar-refractivity contribution is 6.31. The summed E-state index contributed by atoms with van der Waals surface area (Å²) in [5.41, 5.74) is 1.11. The maximum Gasteiger partial charge on any atom is 0.273 e. The molecule has 110 valence electrons.